The van der Waals surface area contributed by atoms with E-state index >= 15 is 0 Å². The first kappa shape index (κ1) is 57.8. The monoisotopic (exact) mass is 1210 g/mol. The minimum atomic E-state index is 0. The van der Waals surface area contributed by atoms with Crippen molar-refractivity contribution in [3.8, 4) is 0 Å². The molecule has 0 atom stereocenters. The number of pyridine rings is 2. The number of aromatic amines is 2. The largest absolute Gasteiger partial charge is 1.00 e. The molecular formula is C34H58Br8N8. The van der Waals surface area contributed by atoms with Gasteiger partial charge >= 0.3 is 0 Å². The number of fused-ring (bicyclic) bond motifs is 4. The molecule has 0 radical (unpaired) electrons. The predicted octanol–water partition coefficient (Wildman–Crippen LogP) is -30.0. The van der Waals surface area contributed by atoms with Gasteiger partial charge in [-0.3, -0.25) is 0 Å². The van der Waals surface area contributed by atoms with Crippen molar-refractivity contribution in [2.45, 2.75) is 38.8 Å². The van der Waals surface area contributed by atoms with Crippen molar-refractivity contribution in [1.29, 1.82) is 0 Å². The van der Waals surface area contributed by atoms with Gasteiger partial charge < -0.3 is 167 Å². The normalized spacial score (nSPS) is 16.3. The van der Waals surface area contributed by atoms with Gasteiger partial charge in [0.25, 0.3) is 0 Å². The number of nitrogens with one attached hydrogen (secondary N) is 4. The molecule has 4 heterocycles. The van der Waals surface area contributed by atoms with Gasteiger partial charge in [0.15, 0.2) is 22.8 Å². The zero-order valence-corrected chi connectivity index (χ0v) is 41.5. The summed E-state index contributed by atoms with van der Waals surface area (Å²) in [6.07, 6.45) is 4.49. The highest BCUT2D eigenvalue weighted by Gasteiger charge is 2.16. The lowest BCUT2D eigenvalue weighted by atomic mass is 10.1. The summed E-state index contributed by atoms with van der Waals surface area (Å²) in [5.41, 5.74) is 8.45. The fourth-order valence-electron chi connectivity index (χ4n) is 6.51. The van der Waals surface area contributed by atoms with Gasteiger partial charge in [-0.05, 0) is 12.1 Å². The van der Waals surface area contributed by atoms with Crippen molar-refractivity contribution in [3.05, 3.63) is 94.6 Å². The molecule has 16 heteroatoms. The van der Waals surface area contributed by atoms with Gasteiger partial charge in [-0.25, -0.2) is 9.97 Å². The lowest BCUT2D eigenvalue weighted by molar-refractivity contribution is -0.936. The molecule has 8 nitrogen and oxygen atoms in total. The van der Waals surface area contributed by atoms with Crippen molar-refractivity contribution >= 4 is 0 Å². The van der Waals surface area contributed by atoms with Crippen LogP contribution in [0.15, 0.2) is 60.7 Å². The first-order valence-corrected chi connectivity index (χ1v) is 16.8. The zero-order valence-electron chi connectivity index (χ0n) is 28.8. The second-order valence-electron chi connectivity index (χ2n) is 12.5. The zero-order chi connectivity index (χ0) is 28.7. The Kier molecular flexibility index (Phi) is 40.0. The quantitative estimate of drug-likeness (QED) is 0.150. The number of benzene rings is 1. The number of hydrogen-bond acceptors (Lipinski definition) is 0. The number of halogens is 8. The Morgan fingerprint density at radius 2 is 0.640 bits per heavy atom. The summed E-state index contributed by atoms with van der Waals surface area (Å²) in [5.74, 6) is 0. The highest BCUT2D eigenvalue weighted by atomic mass is 79.9. The summed E-state index contributed by atoms with van der Waals surface area (Å²) < 4.78 is 0. The smallest absolute Gasteiger partial charge is 0.185 e. The molecule has 4 bridgehead atoms. The van der Waals surface area contributed by atoms with Crippen molar-refractivity contribution < 1.29 is 177 Å². The summed E-state index contributed by atoms with van der Waals surface area (Å²) in [4.78, 5) is 10.7. The highest BCUT2D eigenvalue weighted by molar-refractivity contribution is 5.21. The van der Waals surface area contributed by atoms with Gasteiger partial charge in [-0.2, -0.15) is 0 Å². The number of H-pyrrole nitrogens is 2. The summed E-state index contributed by atoms with van der Waals surface area (Å²) in [7, 11) is 0. The fourth-order valence-corrected chi connectivity index (χ4v) is 6.51. The number of aromatic nitrogens is 2. The predicted molar refractivity (Wildman–Crippen MR) is 163 cm³/mol. The van der Waals surface area contributed by atoms with Crippen LogP contribution in [0.5, 0.6) is 0 Å². The molecule has 2 aromatic heterocycles. The topological polar surface area (TPSA) is 104 Å². The molecule has 0 amide bonds. The van der Waals surface area contributed by atoms with Crippen LogP contribution >= 0.6 is 0 Å². The fraction of sp³-hybridized carbons (Fsp3) is 0.529. The summed E-state index contributed by atoms with van der Waals surface area (Å²) >= 11 is 0. The molecule has 12 N–H and O–H groups in total. The Morgan fingerprint density at radius 3 is 0.900 bits per heavy atom. The third kappa shape index (κ3) is 22.5. The van der Waals surface area contributed by atoms with Crippen LogP contribution in [0, 0.1) is 0 Å². The second kappa shape index (κ2) is 34.6. The van der Waals surface area contributed by atoms with E-state index < -0.39 is 0 Å². The number of quaternary nitrogens is 6. The molecule has 2 aliphatic rings. The molecule has 1 aromatic carbocycles. The second-order valence-corrected chi connectivity index (χ2v) is 12.5. The molecule has 0 saturated heterocycles. The van der Waals surface area contributed by atoms with Crippen molar-refractivity contribution in [1.82, 2.24) is 0 Å². The molecule has 0 spiro atoms. The maximum atomic E-state index is 3.64. The van der Waals surface area contributed by atoms with Crippen LogP contribution in [0.2, 0.25) is 0 Å². The van der Waals surface area contributed by atoms with Crippen LogP contribution in [-0.2, 0) is 38.8 Å². The van der Waals surface area contributed by atoms with E-state index in [1.54, 1.807) is 9.80 Å². The van der Waals surface area contributed by atoms with E-state index in [1.807, 2.05) is 0 Å². The molecular weight excluding hydrogens is 1160 g/mol. The van der Waals surface area contributed by atoms with Crippen LogP contribution in [0.4, 0.5) is 0 Å². The molecule has 0 fully saturated rings. The Morgan fingerprint density at radius 1 is 0.380 bits per heavy atom. The van der Waals surface area contributed by atoms with Crippen molar-refractivity contribution in [3.63, 3.8) is 0 Å². The maximum absolute atomic E-state index is 3.64. The molecule has 2 aliphatic heterocycles. The van der Waals surface area contributed by atoms with E-state index in [9.17, 15) is 0 Å². The summed E-state index contributed by atoms with van der Waals surface area (Å²) in [6.45, 7) is 16.6. The van der Waals surface area contributed by atoms with Gasteiger partial charge in [0.2, 0.25) is 0 Å². The van der Waals surface area contributed by atoms with Gasteiger partial charge in [0.1, 0.15) is 65.4 Å². The molecule has 3 aromatic rings. The van der Waals surface area contributed by atoms with E-state index in [2.05, 4.69) is 91.9 Å². The maximum Gasteiger partial charge on any atom is 0.185 e. The van der Waals surface area contributed by atoms with E-state index in [-0.39, 0.29) is 136 Å². The average Bonchev–Trinajstić information content (AvgIpc) is 3.00. The first-order chi connectivity index (χ1) is 20.8. The average molecular weight is 1220 g/mol. The highest BCUT2D eigenvalue weighted by Crippen LogP contribution is 2.02. The molecule has 5 rings (SSSR count). The number of nitrogens with two attached hydrogens (primary N) is 4. The Balaban J connectivity index is -0.00000132. The van der Waals surface area contributed by atoms with E-state index in [4.69, 9.17) is 0 Å². The van der Waals surface area contributed by atoms with E-state index in [0.29, 0.717) is 0 Å². The third-order valence-electron chi connectivity index (χ3n) is 9.04. The lowest BCUT2D eigenvalue weighted by Crippen LogP contribution is -3.16. The van der Waals surface area contributed by atoms with E-state index in [1.165, 1.54) is 86.3 Å². The summed E-state index contributed by atoms with van der Waals surface area (Å²) in [6, 6.07) is 23.0. The van der Waals surface area contributed by atoms with Crippen LogP contribution in [0.25, 0.3) is 0 Å². The Labute approximate surface area is 384 Å². The standard InChI is InChI=1S/C34H50N8.8BrH/c1-3-31-11-15-35-19-23-41(24-20-36-16-12-32(4-1)39-31)27-29-7-9-30(10-8-29)28-42-25-21-37-17-13-33-5-2-6-34(40-33)14-18-38-22-26-42;;;;;;;;/h1-10,35-38H,11-28H2;8*1H. The Bertz CT molecular complexity index is 1060. The molecule has 0 saturated carbocycles. The molecule has 0 aliphatic carbocycles. The summed E-state index contributed by atoms with van der Waals surface area (Å²) in [5, 5.41) is 10.0. The minimum absolute atomic E-state index is 0. The van der Waals surface area contributed by atoms with Crippen molar-refractivity contribution in [2.75, 3.05) is 78.5 Å². The van der Waals surface area contributed by atoms with Gasteiger partial charge in [0, 0.05) is 35.4 Å². The van der Waals surface area contributed by atoms with Gasteiger partial charge in [0.05, 0.1) is 51.9 Å². The minimum Gasteiger partial charge on any atom is -1.00 e. The molecule has 290 valence electrons. The van der Waals surface area contributed by atoms with Crippen LogP contribution in [0.3, 0.4) is 0 Å². The van der Waals surface area contributed by atoms with E-state index in [0.717, 1.165) is 65.0 Å². The Hall–Kier alpha value is 1.12. The number of hydrogen-bond donors (Lipinski definition) is 6. The van der Waals surface area contributed by atoms with Crippen LogP contribution in [-0.4, -0.2) is 78.5 Å². The van der Waals surface area contributed by atoms with Crippen LogP contribution in [0.1, 0.15) is 33.9 Å². The van der Waals surface area contributed by atoms with Gasteiger partial charge in [-0.15, -0.1) is 0 Å². The van der Waals surface area contributed by atoms with Gasteiger partial charge in [-0.1, -0.05) is 24.3 Å². The SMILES string of the molecule is [Br-].[Br-].[Br-].[Br-].[Br-].[Br-].[Br-].[Br-].c1cc2[nH+]c(c1)CC[NH2+]CC[NH+](Cc1ccc(C[NH+]3CC[NH2+]CCc4cccc([nH+]4)CC[NH2+]CC3)cc1)CC[NH2+]CC2. The van der Waals surface area contributed by atoms with Crippen molar-refractivity contribution in [2.24, 2.45) is 0 Å². The molecule has 50 heavy (non-hydrogen) atoms. The lowest BCUT2D eigenvalue weighted by Gasteiger charge is -2.20. The molecule has 0 unspecified atom stereocenters. The first-order valence-electron chi connectivity index (χ1n) is 16.8. The third-order valence-corrected chi connectivity index (χ3v) is 9.04. The number of rotatable bonds is 4. The van der Waals surface area contributed by atoms with Crippen LogP contribution < -0.4 is 177 Å².